The van der Waals surface area contributed by atoms with E-state index in [0.717, 1.165) is 12.8 Å². The van der Waals surface area contributed by atoms with Gasteiger partial charge in [-0.1, -0.05) is 55.8 Å². The van der Waals surface area contributed by atoms with Crippen LogP contribution in [0.15, 0.2) is 54.6 Å². The van der Waals surface area contributed by atoms with Crippen LogP contribution in [0.2, 0.25) is 0 Å². The van der Waals surface area contributed by atoms with Gasteiger partial charge in [0.2, 0.25) is 0 Å². The Kier molecular flexibility index (Phi) is 5.92. The van der Waals surface area contributed by atoms with Crippen LogP contribution < -0.4 is 5.32 Å². The predicted octanol–water partition coefficient (Wildman–Crippen LogP) is 3.24. The van der Waals surface area contributed by atoms with E-state index in [9.17, 15) is 14.7 Å². The Hall–Kier alpha value is -2.62. The minimum Gasteiger partial charge on any atom is -0.481 e. The van der Waals surface area contributed by atoms with Crippen molar-refractivity contribution in [2.45, 2.75) is 25.7 Å². The summed E-state index contributed by atoms with van der Waals surface area (Å²) in [6, 6.07) is 16.3. The maximum absolute atomic E-state index is 12.2. The minimum atomic E-state index is -0.949. The van der Waals surface area contributed by atoms with Gasteiger partial charge in [-0.3, -0.25) is 9.59 Å². The Morgan fingerprint density at radius 1 is 1.04 bits per heavy atom. The number of carboxylic acid groups (broad SMARTS) is 1. The molecule has 0 bridgehead atoms. The first-order chi connectivity index (χ1) is 11.1. The number of carbonyl (C=O) groups excluding carboxylic acids is 1. The molecule has 0 aliphatic carbocycles. The Morgan fingerprint density at radius 3 is 2.26 bits per heavy atom. The third-order valence-corrected chi connectivity index (χ3v) is 3.72. The van der Waals surface area contributed by atoms with Crippen LogP contribution in [-0.2, 0) is 11.2 Å². The molecule has 0 saturated carbocycles. The number of aryl methyl sites for hydroxylation is 1. The molecule has 0 fully saturated rings. The van der Waals surface area contributed by atoms with Gasteiger partial charge in [-0.25, -0.2) is 0 Å². The van der Waals surface area contributed by atoms with E-state index >= 15 is 0 Å². The van der Waals surface area contributed by atoms with Crippen molar-refractivity contribution in [3.63, 3.8) is 0 Å². The van der Waals surface area contributed by atoms with Gasteiger partial charge in [0, 0.05) is 12.1 Å². The number of hydrogen-bond donors (Lipinski definition) is 2. The normalized spacial score (nSPS) is 11.7. The molecule has 1 unspecified atom stereocenters. The molecule has 0 aliphatic rings. The lowest BCUT2D eigenvalue weighted by atomic mass is 9.99. The largest absolute Gasteiger partial charge is 0.481 e. The highest BCUT2D eigenvalue weighted by Crippen LogP contribution is 2.15. The van der Waals surface area contributed by atoms with E-state index in [1.165, 1.54) is 5.56 Å². The second kappa shape index (κ2) is 8.13. The fourth-order valence-corrected chi connectivity index (χ4v) is 2.44. The summed E-state index contributed by atoms with van der Waals surface area (Å²) in [5, 5.41) is 12.1. The van der Waals surface area contributed by atoms with Crippen LogP contribution in [0, 0.1) is 0 Å². The maximum Gasteiger partial charge on any atom is 0.312 e. The highest BCUT2D eigenvalue weighted by atomic mass is 16.4. The molecule has 0 radical (unpaired) electrons. The zero-order valence-corrected chi connectivity index (χ0v) is 13.2. The van der Waals surface area contributed by atoms with Gasteiger partial charge in [0.1, 0.15) is 0 Å². The van der Waals surface area contributed by atoms with Gasteiger partial charge in [0.25, 0.3) is 5.91 Å². The number of amides is 1. The zero-order chi connectivity index (χ0) is 16.7. The van der Waals surface area contributed by atoms with E-state index in [1.807, 2.05) is 18.2 Å². The van der Waals surface area contributed by atoms with Gasteiger partial charge in [0.05, 0.1) is 5.92 Å². The molecule has 2 N–H and O–H groups in total. The highest BCUT2D eigenvalue weighted by Gasteiger charge is 2.20. The van der Waals surface area contributed by atoms with Crippen LogP contribution in [0.5, 0.6) is 0 Å². The molecule has 23 heavy (non-hydrogen) atoms. The van der Waals surface area contributed by atoms with Crippen LogP contribution in [0.25, 0.3) is 0 Å². The van der Waals surface area contributed by atoms with Crippen molar-refractivity contribution in [2.24, 2.45) is 0 Å². The molecule has 0 aromatic heterocycles. The van der Waals surface area contributed by atoms with Crippen LogP contribution >= 0.6 is 0 Å². The molecule has 0 heterocycles. The summed E-state index contributed by atoms with van der Waals surface area (Å²) in [4.78, 5) is 23.6. The second-order valence-corrected chi connectivity index (χ2v) is 5.46. The quantitative estimate of drug-likeness (QED) is 0.825. The lowest BCUT2D eigenvalue weighted by Crippen LogP contribution is -2.31. The van der Waals surface area contributed by atoms with E-state index in [-0.39, 0.29) is 12.5 Å². The van der Waals surface area contributed by atoms with Crippen molar-refractivity contribution in [3.05, 3.63) is 71.3 Å². The molecule has 0 spiro atoms. The SMILES string of the molecule is CCCc1ccc(C(=O)NCC(C(=O)O)c2ccccc2)cc1. The number of nitrogens with one attached hydrogen (secondary N) is 1. The van der Waals surface area contributed by atoms with E-state index in [4.69, 9.17) is 0 Å². The van der Waals surface area contributed by atoms with Crippen molar-refractivity contribution in [2.75, 3.05) is 6.54 Å². The van der Waals surface area contributed by atoms with Gasteiger partial charge in [0.15, 0.2) is 0 Å². The van der Waals surface area contributed by atoms with Crippen LogP contribution in [0.4, 0.5) is 0 Å². The number of hydrogen-bond acceptors (Lipinski definition) is 2. The standard InChI is InChI=1S/C19H21NO3/c1-2-6-14-9-11-16(12-10-14)18(21)20-13-17(19(22)23)15-7-4-3-5-8-15/h3-5,7-12,17H,2,6,13H2,1H3,(H,20,21)(H,22,23). The van der Waals surface area contributed by atoms with E-state index in [1.54, 1.807) is 36.4 Å². The number of rotatable bonds is 7. The predicted molar refractivity (Wildman–Crippen MR) is 89.6 cm³/mol. The summed E-state index contributed by atoms with van der Waals surface area (Å²) in [6.45, 7) is 2.17. The number of carboxylic acids is 1. The van der Waals surface area contributed by atoms with E-state index in [2.05, 4.69) is 12.2 Å². The van der Waals surface area contributed by atoms with Gasteiger partial charge >= 0.3 is 5.97 Å². The summed E-state index contributed by atoms with van der Waals surface area (Å²) >= 11 is 0. The zero-order valence-electron chi connectivity index (χ0n) is 13.2. The molecule has 2 aromatic carbocycles. The molecule has 2 aromatic rings. The number of carbonyl (C=O) groups is 2. The summed E-state index contributed by atoms with van der Waals surface area (Å²) in [6.07, 6.45) is 2.04. The topological polar surface area (TPSA) is 66.4 Å². The van der Waals surface area contributed by atoms with Gasteiger partial charge in [-0.05, 0) is 29.7 Å². The second-order valence-electron chi connectivity index (χ2n) is 5.46. The molecule has 1 atom stereocenters. The smallest absolute Gasteiger partial charge is 0.312 e. The average Bonchev–Trinajstić information content (AvgIpc) is 2.56. The van der Waals surface area contributed by atoms with Crippen LogP contribution in [0.1, 0.15) is 40.7 Å². The number of benzene rings is 2. The van der Waals surface area contributed by atoms with Gasteiger partial charge in [-0.2, -0.15) is 0 Å². The molecule has 1 amide bonds. The molecule has 2 rings (SSSR count). The summed E-state index contributed by atoms with van der Waals surface area (Å²) in [5.41, 5.74) is 2.41. The minimum absolute atomic E-state index is 0.0644. The summed E-state index contributed by atoms with van der Waals surface area (Å²) in [7, 11) is 0. The summed E-state index contributed by atoms with van der Waals surface area (Å²) < 4.78 is 0. The van der Waals surface area contributed by atoms with Gasteiger partial charge in [-0.15, -0.1) is 0 Å². The monoisotopic (exact) mass is 311 g/mol. The van der Waals surface area contributed by atoms with Crippen LogP contribution in [-0.4, -0.2) is 23.5 Å². The van der Waals surface area contributed by atoms with E-state index in [0.29, 0.717) is 11.1 Å². The first-order valence-corrected chi connectivity index (χ1v) is 7.76. The number of aliphatic carboxylic acids is 1. The lowest BCUT2D eigenvalue weighted by Gasteiger charge is -2.14. The molecule has 4 nitrogen and oxygen atoms in total. The molecular weight excluding hydrogens is 290 g/mol. The van der Waals surface area contributed by atoms with Crippen molar-refractivity contribution < 1.29 is 14.7 Å². The van der Waals surface area contributed by atoms with Crippen molar-refractivity contribution in [1.29, 1.82) is 0 Å². The third kappa shape index (κ3) is 4.68. The maximum atomic E-state index is 12.2. The third-order valence-electron chi connectivity index (χ3n) is 3.72. The van der Waals surface area contributed by atoms with Crippen molar-refractivity contribution >= 4 is 11.9 Å². The fourth-order valence-electron chi connectivity index (χ4n) is 2.44. The Labute approximate surface area is 136 Å². The molecule has 0 saturated heterocycles. The molecule has 120 valence electrons. The Balaban J connectivity index is 2.00. The molecule has 4 heteroatoms. The summed E-state index contributed by atoms with van der Waals surface area (Å²) in [5.74, 6) is -1.95. The fraction of sp³-hybridized carbons (Fsp3) is 0.263. The van der Waals surface area contributed by atoms with E-state index < -0.39 is 11.9 Å². The molecular formula is C19H21NO3. The first-order valence-electron chi connectivity index (χ1n) is 7.76. The van der Waals surface area contributed by atoms with Crippen molar-refractivity contribution in [1.82, 2.24) is 5.32 Å². The van der Waals surface area contributed by atoms with Gasteiger partial charge < -0.3 is 10.4 Å². The lowest BCUT2D eigenvalue weighted by molar-refractivity contribution is -0.138. The van der Waals surface area contributed by atoms with Crippen LogP contribution in [0.3, 0.4) is 0 Å². The Bertz CT molecular complexity index is 650. The Morgan fingerprint density at radius 2 is 1.70 bits per heavy atom. The van der Waals surface area contributed by atoms with Crippen molar-refractivity contribution in [3.8, 4) is 0 Å². The average molecular weight is 311 g/mol. The molecule has 0 aliphatic heterocycles. The highest BCUT2D eigenvalue weighted by molar-refractivity contribution is 5.94. The first kappa shape index (κ1) is 16.7.